The maximum atomic E-state index is 13.3. The summed E-state index contributed by atoms with van der Waals surface area (Å²) >= 11 is 2.22. The van der Waals surface area contributed by atoms with E-state index < -0.39 is 11.9 Å². The van der Waals surface area contributed by atoms with E-state index in [2.05, 4.69) is 48.7 Å². The van der Waals surface area contributed by atoms with Crippen molar-refractivity contribution in [2.75, 3.05) is 11.9 Å². The second-order valence-corrected chi connectivity index (χ2v) is 10.4. The van der Waals surface area contributed by atoms with Crippen LogP contribution >= 0.6 is 22.6 Å². The number of anilines is 1. The number of aromatic carboxylic acids is 1. The Morgan fingerprint density at radius 1 is 0.939 bits per heavy atom. The van der Waals surface area contributed by atoms with Crippen molar-refractivity contribution in [2.24, 2.45) is 5.41 Å². The standard InChI is InChI=1S/C27H28INO4/c1-27(2,3)17-33-23-14-8-19(9-15-23)24(16-18-4-6-20(7-5-18)26(31)32)25(30)29-22-12-10-21(28)11-13-22/h4-15,24H,16-17H2,1-3H3,(H,29,30)(H,31,32). The number of rotatable bonds is 8. The summed E-state index contributed by atoms with van der Waals surface area (Å²) in [7, 11) is 0. The van der Waals surface area contributed by atoms with Crippen LogP contribution in [0.15, 0.2) is 72.8 Å². The van der Waals surface area contributed by atoms with Gasteiger partial charge in [-0.3, -0.25) is 4.79 Å². The van der Waals surface area contributed by atoms with Gasteiger partial charge in [-0.1, -0.05) is 45.0 Å². The van der Waals surface area contributed by atoms with Gasteiger partial charge in [0.2, 0.25) is 5.91 Å². The predicted octanol–water partition coefficient (Wildman–Crippen LogP) is 6.38. The SMILES string of the molecule is CC(C)(C)COc1ccc(C(Cc2ccc(C(=O)O)cc2)C(=O)Nc2ccc(I)cc2)cc1. The van der Waals surface area contributed by atoms with Crippen molar-refractivity contribution in [1.29, 1.82) is 0 Å². The summed E-state index contributed by atoms with van der Waals surface area (Å²) in [6, 6.07) is 21.9. The maximum absolute atomic E-state index is 13.3. The number of amides is 1. The number of carbonyl (C=O) groups is 2. The molecule has 0 saturated heterocycles. The van der Waals surface area contributed by atoms with E-state index in [1.54, 1.807) is 24.3 Å². The minimum absolute atomic E-state index is 0.0523. The highest BCUT2D eigenvalue weighted by atomic mass is 127. The maximum Gasteiger partial charge on any atom is 0.335 e. The summed E-state index contributed by atoms with van der Waals surface area (Å²) in [6.07, 6.45) is 0.443. The Kier molecular flexibility index (Phi) is 8.13. The van der Waals surface area contributed by atoms with E-state index in [1.165, 1.54) is 0 Å². The summed E-state index contributed by atoms with van der Waals surface area (Å²) in [6.45, 7) is 6.94. The molecule has 0 aromatic heterocycles. The van der Waals surface area contributed by atoms with E-state index in [0.29, 0.717) is 13.0 Å². The normalized spacial score (nSPS) is 12.1. The molecule has 6 heteroatoms. The number of benzene rings is 3. The Balaban J connectivity index is 1.83. The van der Waals surface area contributed by atoms with Crippen LogP contribution in [-0.2, 0) is 11.2 Å². The summed E-state index contributed by atoms with van der Waals surface area (Å²) in [5.41, 5.74) is 2.76. The van der Waals surface area contributed by atoms with Crippen LogP contribution in [0.25, 0.3) is 0 Å². The highest BCUT2D eigenvalue weighted by Gasteiger charge is 2.22. The van der Waals surface area contributed by atoms with Gasteiger partial charge >= 0.3 is 5.97 Å². The molecule has 3 aromatic rings. The zero-order valence-electron chi connectivity index (χ0n) is 19.0. The molecule has 0 fully saturated rings. The Morgan fingerprint density at radius 2 is 1.55 bits per heavy atom. The fourth-order valence-corrected chi connectivity index (χ4v) is 3.60. The number of hydrogen-bond donors (Lipinski definition) is 2. The van der Waals surface area contributed by atoms with Gasteiger partial charge in [0.25, 0.3) is 0 Å². The van der Waals surface area contributed by atoms with E-state index in [9.17, 15) is 9.59 Å². The average Bonchev–Trinajstić information content (AvgIpc) is 2.78. The summed E-state index contributed by atoms with van der Waals surface area (Å²) in [4.78, 5) is 24.4. The van der Waals surface area contributed by atoms with Crippen LogP contribution in [0.4, 0.5) is 5.69 Å². The molecule has 0 bridgehead atoms. The van der Waals surface area contributed by atoms with Gasteiger partial charge in [-0.2, -0.15) is 0 Å². The van der Waals surface area contributed by atoms with Gasteiger partial charge in [0.05, 0.1) is 18.1 Å². The molecule has 0 saturated carbocycles. The minimum atomic E-state index is -0.972. The zero-order valence-corrected chi connectivity index (χ0v) is 21.1. The zero-order chi connectivity index (χ0) is 24.0. The molecule has 0 heterocycles. The Bertz CT molecular complexity index is 1080. The molecule has 0 spiro atoms. The van der Waals surface area contributed by atoms with E-state index in [-0.39, 0.29) is 16.9 Å². The number of ether oxygens (including phenoxy) is 1. The third kappa shape index (κ3) is 7.60. The van der Waals surface area contributed by atoms with Crippen molar-refractivity contribution in [2.45, 2.75) is 33.1 Å². The number of carboxylic acid groups (broad SMARTS) is 1. The van der Waals surface area contributed by atoms with Gasteiger partial charge in [0.1, 0.15) is 5.75 Å². The smallest absolute Gasteiger partial charge is 0.335 e. The first-order valence-corrected chi connectivity index (χ1v) is 11.8. The summed E-state index contributed by atoms with van der Waals surface area (Å²) < 4.78 is 6.96. The molecule has 0 aliphatic carbocycles. The lowest BCUT2D eigenvalue weighted by Gasteiger charge is -2.20. The first-order valence-electron chi connectivity index (χ1n) is 10.7. The molecule has 1 atom stereocenters. The molecule has 5 nitrogen and oxygen atoms in total. The quantitative estimate of drug-likeness (QED) is 0.316. The molecule has 0 radical (unpaired) electrons. The third-order valence-corrected chi connectivity index (χ3v) is 5.74. The largest absolute Gasteiger partial charge is 0.493 e. The van der Waals surface area contributed by atoms with Crippen molar-refractivity contribution in [3.8, 4) is 5.75 Å². The Morgan fingerprint density at radius 3 is 2.09 bits per heavy atom. The van der Waals surface area contributed by atoms with E-state index in [4.69, 9.17) is 9.84 Å². The molecular formula is C27H28INO4. The van der Waals surface area contributed by atoms with Gasteiger partial charge in [-0.25, -0.2) is 4.79 Å². The molecule has 33 heavy (non-hydrogen) atoms. The Labute approximate surface area is 208 Å². The van der Waals surface area contributed by atoms with Crippen LogP contribution in [0.3, 0.4) is 0 Å². The van der Waals surface area contributed by atoms with Gasteiger partial charge in [0, 0.05) is 9.26 Å². The molecule has 0 aliphatic rings. The average molecular weight is 557 g/mol. The molecule has 172 valence electrons. The summed E-state index contributed by atoms with van der Waals surface area (Å²) in [5.74, 6) is -0.782. The third-order valence-electron chi connectivity index (χ3n) is 5.02. The number of carboxylic acids is 1. The highest BCUT2D eigenvalue weighted by Crippen LogP contribution is 2.27. The molecule has 2 N–H and O–H groups in total. The lowest BCUT2D eigenvalue weighted by atomic mass is 9.90. The van der Waals surface area contributed by atoms with Crippen LogP contribution in [0, 0.1) is 8.99 Å². The molecular weight excluding hydrogens is 529 g/mol. The van der Waals surface area contributed by atoms with E-state index in [1.807, 2.05) is 48.5 Å². The van der Waals surface area contributed by atoms with Gasteiger partial charge in [0.15, 0.2) is 0 Å². The fourth-order valence-electron chi connectivity index (χ4n) is 3.24. The van der Waals surface area contributed by atoms with E-state index >= 15 is 0 Å². The topological polar surface area (TPSA) is 75.6 Å². The van der Waals surface area contributed by atoms with Crippen LogP contribution in [-0.4, -0.2) is 23.6 Å². The fraction of sp³-hybridized carbons (Fsp3) is 0.259. The first kappa shape index (κ1) is 24.8. The molecule has 1 unspecified atom stereocenters. The first-order chi connectivity index (χ1) is 15.6. The van der Waals surface area contributed by atoms with Crippen molar-refractivity contribution >= 4 is 40.2 Å². The van der Waals surface area contributed by atoms with Gasteiger partial charge in [-0.15, -0.1) is 0 Å². The van der Waals surface area contributed by atoms with Gasteiger partial charge < -0.3 is 15.2 Å². The highest BCUT2D eigenvalue weighted by molar-refractivity contribution is 14.1. The van der Waals surface area contributed by atoms with E-state index in [0.717, 1.165) is 26.1 Å². The monoisotopic (exact) mass is 557 g/mol. The lowest BCUT2D eigenvalue weighted by molar-refractivity contribution is -0.117. The second kappa shape index (κ2) is 10.8. The minimum Gasteiger partial charge on any atom is -0.493 e. The van der Waals surface area contributed by atoms with Crippen molar-refractivity contribution in [3.05, 3.63) is 93.1 Å². The van der Waals surface area contributed by atoms with Crippen LogP contribution in [0.1, 0.15) is 48.2 Å². The molecule has 1 amide bonds. The van der Waals surface area contributed by atoms with Gasteiger partial charge in [-0.05, 0) is 94.1 Å². The number of halogens is 1. The summed E-state index contributed by atoms with van der Waals surface area (Å²) in [5, 5.41) is 12.2. The number of carbonyl (C=O) groups excluding carboxylic acids is 1. The van der Waals surface area contributed by atoms with Crippen LogP contribution in [0.2, 0.25) is 0 Å². The number of nitrogens with one attached hydrogen (secondary N) is 1. The van der Waals surface area contributed by atoms with Crippen molar-refractivity contribution in [3.63, 3.8) is 0 Å². The molecule has 3 rings (SSSR count). The lowest BCUT2D eigenvalue weighted by Crippen LogP contribution is -2.23. The predicted molar refractivity (Wildman–Crippen MR) is 139 cm³/mol. The molecule has 0 aliphatic heterocycles. The van der Waals surface area contributed by atoms with Crippen molar-refractivity contribution < 1.29 is 19.4 Å². The van der Waals surface area contributed by atoms with Crippen LogP contribution < -0.4 is 10.1 Å². The Hall–Kier alpha value is -2.87. The number of hydrogen-bond acceptors (Lipinski definition) is 3. The second-order valence-electron chi connectivity index (χ2n) is 9.17. The molecule has 3 aromatic carbocycles. The van der Waals surface area contributed by atoms with Crippen LogP contribution in [0.5, 0.6) is 5.75 Å². The van der Waals surface area contributed by atoms with Crippen molar-refractivity contribution in [1.82, 2.24) is 0 Å².